The number of carboxylic acids is 1. The van der Waals surface area contributed by atoms with E-state index in [1.54, 1.807) is 25.1 Å². The second-order valence-corrected chi connectivity index (χ2v) is 6.06. The van der Waals surface area contributed by atoms with Crippen molar-refractivity contribution in [1.29, 1.82) is 0 Å². The van der Waals surface area contributed by atoms with Crippen molar-refractivity contribution in [2.75, 3.05) is 0 Å². The number of aryl methyl sites for hydroxylation is 1. The molecule has 0 spiro atoms. The average Bonchev–Trinajstić information content (AvgIpc) is 2.79. The highest BCUT2D eigenvalue weighted by molar-refractivity contribution is 5.79. The Balaban J connectivity index is 2.11. The van der Waals surface area contributed by atoms with Gasteiger partial charge in [-0.25, -0.2) is 4.39 Å². The number of hydrogen-bond acceptors (Lipinski definition) is 3. The first kappa shape index (κ1) is 15.8. The van der Waals surface area contributed by atoms with Crippen LogP contribution in [-0.4, -0.2) is 28.8 Å². The molecule has 0 heterocycles. The van der Waals surface area contributed by atoms with Gasteiger partial charge < -0.3 is 9.84 Å². The number of nitrogens with one attached hydrogen (secondary N) is 1. The largest absolute Gasteiger partial charge is 0.487 e. The number of aliphatic carboxylic acids is 1. The van der Waals surface area contributed by atoms with E-state index in [1.165, 1.54) is 0 Å². The van der Waals surface area contributed by atoms with E-state index < -0.39 is 11.5 Å². The predicted octanol–water partition coefficient (Wildman–Crippen LogP) is 2.89. The second kappa shape index (κ2) is 6.02. The van der Waals surface area contributed by atoms with E-state index in [4.69, 9.17) is 4.74 Å². The Morgan fingerprint density at radius 1 is 1.52 bits per heavy atom. The zero-order valence-corrected chi connectivity index (χ0v) is 12.6. The molecule has 116 valence electrons. The van der Waals surface area contributed by atoms with Crippen LogP contribution in [0.5, 0.6) is 5.75 Å². The summed E-state index contributed by atoms with van der Waals surface area (Å²) in [5, 5.41) is 12.6. The van der Waals surface area contributed by atoms with Crippen LogP contribution in [-0.2, 0) is 4.79 Å². The normalized spacial score (nSPS) is 25.3. The van der Waals surface area contributed by atoms with Crippen molar-refractivity contribution < 1.29 is 19.0 Å². The van der Waals surface area contributed by atoms with Crippen LogP contribution in [0.3, 0.4) is 0 Å². The highest BCUT2D eigenvalue weighted by Gasteiger charge is 2.46. The molecule has 0 amide bonds. The molecule has 2 rings (SSSR count). The van der Waals surface area contributed by atoms with Crippen molar-refractivity contribution in [2.24, 2.45) is 0 Å². The fraction of sp³-hybridized carbons (Fsp3) is 0.562. The summed E-state index contributed by atoms with van der Waals surface area (Å²) in [6.07, 6.45) is 1.13. The summed E-state index contributed by atoms with van der Waals surface area (Å²) in [6.45, 7) is 5.51. The minimum Gasteiger partial charge on any atom is -0.487 e. The zero-order chi connectivity index (χ0) is 15.6. The molecule has 1 fully saturated rings. The van der Waals surface area contributed by atoms with Gasteiger partial charge >= 0.3 is 5.97 Å². The van der Waals surface area contributed by atoms with E-state index in [-0.39, 0.29) is 23.7 Å². The zero-order valence-electron chi connectivity index (χ0n) is 12.6. The van der Waals surface area contributed by atoms with Crippen LogP contribution in [0.4, 0.5) is 4.39 Å². The first-order valence-electron chi connectivity index (χ1n) is 7.27. The summed E-state index contributed by atoms with van der Waals surface area (Å²) < 4.78 is 19.7. The second-order valence-electron chi connectivity index (χ2n) is 6.06. The first-order chi connectivity index (χ1) is 9.84. The third kappa shape index (κ3) is 3.35. The Bertz CT molecular complexity index is 532. The van der Waals surface area contributed by atoms with Crippen LogP contribution in [0.25, 0.3) is 0 Å². The average molecular weight is 295 g/mol. The molecular weight excluding hydrogens is 273 g/mol. The molecule has 1 aromatic rings. The maximum absolute atomic E-state index is 14.0. The smallest absolute Gasteiger partial charge is 0.324 e. The van der Waals surface area contributed by atoms with Gasteiger partial charge in [0.05, 0.1) is 0 Å². The van der Waals surface area contributed by atoms with E-state index in [1.807, 2.05) is 13.8 Å². The van der Waals surface area contributed by atoms with Gasteiger partial charge in [-0.2, -0.15) is 0 Å². The van der Waals surface area contributed by atoms with Crippen molar-refractivity contribution in [3.8, 4) is 5.75 Å². The monoisotopic (exact) mass is 295 g/mol. The number of benzene rings is 1. The number of hydrogen-bond donors (Lipinski definition) is 2. The number of halogens is 1. The van der Waals surface area contributed by atoms with Crippen molar-refractivity contribution in [3.05, 3.63) is 29.6 Å². The summed E-state index contributed by atoms with van der Waals surface area (Å²) >= 11 is 0. The molecule has 0 radical (unpaired) electrons. The van der Waals surface area contributed by atoms with Gasteiger partial charge in [0.15, 0.2) is 11.6 Å². The molecule has 5 heteroatoms. The molecule has 21 heavy (non-hydrogen) atoms. The van der Waals surface area contributed by atoms with Crippen LogP contribution in [0.1, 0.15) is 38.7 Å². The van der Waals surface area contributed by atoms with E-state index in [0.717, 1.165) is 0 Å². The molecule has 2 unspecified atom stereocenters. The van der Waals surface area contributed by atoms with Crippen LogP contribution in [0.15, 0.2) is 18.2 Å². The lowest BCUT2D eigenvalue weighted by Gasteiger charge is -2.28. The third-order valence-corrected chi connectivity index (χ3v) is 3.89. The fourth-order valence-corrected chi connectivity index (χ4v) is 2.93. The maximum Gasteiger partial charge on any atom is 0.324 e. The highest BCUT2D eigenvalue weighted by atomic mass is 19.1. The van der Waals surface area contributed by atoms with Crippen LogP contribution in [0, 0.1) is 12.7 Å². The van der Waals surface area contributed by atoms with E-state index in [0.29, 0.717) is 24.8 Å². The quantitative estimate of drug-likeness (QED) is 0.877. The van der Waals surface area contributed by atoms with Gasteiger partial charge in [-0.3, -0.25) is 10.1 Å². The van der Waals surface area contributed by atoms with Gasteiger partial charge in [0.1, 0.15) is 11.6 Å². The number of rotatable bonds is 5. The third-order valence-electron chi connectivity index (χ3n) is 3.89. The van der Waals surface area contributed by atoms with E-state index in [9.17, 15) is 14.3 Å². The Hall–Kier alpha value is -1.62. The summed E-state index contributed by atoms with van der Waals surface area (Å²) in [6, 6.07) is 5.06. The molecule has 1 saturated carbocycles. The van der Waals surface area contributed by atoms with Gasteiger partial charge in [0, 0.05) is 12.5 Å². The number of carboxylic acid groups (broad SMARTS) is 1. The maximum atomic E-state index is 14.0. The van der Waals surface area contributed by atoms with E-state index in [2.05, 4.69) is 5.32 Å². The Kier molecular flexibility index (Phi) is 4.52. The first-order valence-corrected chi connectivity index (χ1v) is 7.27. The molecule has 4 nitrogen and oxygen atoms in total. The molecule has 1 aromatic carbocycles. The summed E-state index contributed by atoms with van der Waals surface area (Å²) in [7, 11) is 0. The molecule has 0 aromatic heterocycles. The van der Waals surface area contributed by atoms with Gasteiger partial charge in [-0.05, 0) is 45.2 Å². The van der Waals surface area contributed by atoms with Crippen molar-refractivity contribution in [1.82, 2.24) is 5.32 Å². The van der Waals surface area contributed by atoms with Crippen molar-refractivity contribution in [3.63, 3.8) is 0 Å². The Labute approximate surface area is 124 Å². The molecular formula is C16H22FNO3. The standard InChI is InChI=1S/C16H22FNO3/c1-10(2)18-16(15(19)20)8-7-12(9-16)21-13-6-4-5-11(3)14(13)17/h4-6,10,12,18H,7-9H2,1-3H3,(H,19,20). The highest BCUT2D eigenvalue weighted by Crippen LogP contribution is 2.34. The minimum absolute atomic E-state index is 0.0653. The lowest BCUT2D eigenvalue weighted by molar-refractivity contribution is -0.145. The van der Waals surface area contributed by atoms with Crippen LogP contribution in [0.2, 0.25) is 0 Å². The van der Waals surface area contributed by atoms with Gasteiger partial charge in [0.25, 0.3) is 0 Å². The molecule has 1 aliphatic carbocycles. The molecule has 2 N–H and O–H groups in total. The lowest BCUT2D eigenvalue weighted by Crippen LogP contribution is -2.53. The van der Waals surface area contributed by atoms with Crippen molar-refractivity contribution >= 4 is 5.97 Å². The molecule has 1 aliphatic rings. The van der Waals surface area contributed by atoms with Crippen LogP contribution >= 0.6 is 0 Å². The molecule has 2 atom stereocenters. The molecule has 0 aliphatic heterocycles. The lowest BCUT2D eigenvalue weighted by atomic mass is 9.96. The number of carbonyl (C=O) groups is 1. The van der Waals surface area contributed by atoms with Crippen molar-refractivity contribution in [2.45, 2.75) is 57.7 Å². The van der Waals surface area contributed by atoms with Gasteiger partial charge in [-0.15, -0.1) is 0 Å². The minimum atomic E-state index is -0.973. The van der Waals surface area contributed by atoms with Crippen LogP contribution < -0.4 is 10.1 Å². The molecule has 0 saturated heterocycles. The Morgan fingerprint density at radius 2 is 2.24 bits per heavy atom. The predicted molar refractivity (Wildman–Crippen MR) is 78.0 cm³/mol. The van der Waals surface area contributed by atoms with Gasteiger partial charge in [0.2, 0.25) is 0 Å². The molecule has 0 bridgehead atoms. The summed E-state index contributed by atoms with van der Waals surface area (Å²) in [5.41, 5.74) is -0.450. The fourth-order valence-electron chi connectivity index (χ4n) is 2.93. The number of ether oxygens (including phenoxy) is 1. The summed E-state index contributed by atoms with van der Waals surface area (Å²) in [5.74, 6) is -1.04. The van der Waals surface area contributed by atoms with E-state index >= 15 is 0 Å². The SMILES string of the molecule is Cc1cccc(OC2CCC(NC(C)C)(C(=O)O)C2)c1F. The summed E-state index contributed by atoms with van der Waals surface area (Å²) in [4.78, 5) is 11.6. The van der Waals surface area contributed by atoms with Gasteiger partial charge in [-0.1, -0.05) is 12.1 Å². The topological polar surface area (TPSA) is 58.6 Å². The Morgan fingerprint density at radius 3 is 2.86 bits per heavy atom.